The second-order valence-electron chi connectivity index (χ2n) is 6.53. The average molecular weight is 360 g/mol. The summed E-state index contributed by atoms with van der Waals surface area (Å²) >= 11 is 6.17. The van der Waals surface area contributed by atoms with E-state index in [0.29, 0.717) is 23.2 Å². The summed E-state index contributed by atoms with van der Waals surface area (Å²) in [4.78, 5) is 24.7. The Morgan fingerprint density at radius 2 is 2.12 bits per heavy atom. The fraction of sp³-hybridized carbons (Fsp3) is 0.368. The zero-order valence-corrected chi connectivity index (χ0v) is 14.9. The number of hydrogen-bond acceptors (Lipinski definition) is 3. The van der Waals surface area contributed by atoms with Crippen molar-refractivity contribution in [2.45, 2.75) is 38.4 Å². The Hall–Kier alpha value is -2.11. The molecule has 0 aliphatic carbocycles. The highest BCUT2D eigenvalue weighted by atomic mass is 35.5. The van der Waals surface area contributed by atoms with Gasteiger partial charge in [0.15, 0.2) is 0 Å². The number of pyridine rings is 1. The number of carbonyl (C=O) groups excluding carboxylic acids is 1. The van der Waals surface area contributed by atoms with Crippen LogP contribution in [0, 0.1) is 0 Å². The predicted molar refractivity (Wildman–Crippen MR) is 99.2 cm³/mol. The molecule has 1 saturated heterocycles. The fourth-order valence-electron chi connectivity index (χ4n) is 3.13. The molecule has 5 nitrogen and oxygen atoms in total. The van der Waals surface area contributed by atoms with E-state index in [9.17, 15) is 9.59 Å². The molecule has 0 spiro atoms. The molecule has 1 aromatic carbocycles. The van der Waals surface area contributed by atoms with Gasteiger partial charge in [0.2, 0.25) is 0 Å². The number of nitrogens with one attached hydrogen (secondary N) is 2. The molecule has 6 heteroatoms. The van der Waals surface area contributed by atoms with E-state index in [1.165, 1.54) is 10.6 Å². The van der Waals surface area contributed by atoms with Gasteiger partial charge in [0.05, 0.1) is 12.1 Å². The van der Waals surface area contributed by atoms with Crippen LogP contribution in [0.2, 0.25) is 5.02 Å². The molecule has 3 rings (SSSR count). The molecule has 1 fully saturated rings. The number of benzene rings is 1. The minimum atomic E-state index is -0.160. The van der Waals surface area contributed by atoms with Crippen molar-refractivity contribution in [3.8, 4) is 0 Å². The fourth-order valence-corrected chi connectivity index (χ4v) is 3.33. The van der Waals surface area contributed by atoms with E-state index in [1.807, 2.05) is 18.2 Å². The Kier molecular flexibility index (Phi) is 5.56. The highest BCUT2D eigenvalue weighted by molar-refractivity contribution is 6.31. The van der Waals surface area contributed by atoms with Crippen molar-refractivity contribution in [2.75, 3.05) is 6.54 Å². The van der Waals surface area contributed by atoms with Crippen LogP contribution in [0.1, 0.15) is 35.7 Å². The minimum absolute atomic E-state index is 0.146. The van der Waals surface area contributed by atoms with Gasteiger partial charge in [-0.3, -0.25) is 9.59 Å². The molecule has 132 valence electrons. The van der Waals surface area contributed by atoms with Crippen molar-refractivity contribution in [1.82, 2.24) is 15.2 Å². The molecule has 0 radical (unpaired) electrons. The summed E-state index contributed by atoms with van der Waals surface area (Å²) in [5.74, 6) is -0.146. The molecule has 1 aliphatic heterocycles. The van der Waals surface area contributed by atoms with E-state index >= 15 is 0 Å². The Balaban J connectivity index is 1.75. The number of piperidine rings is 1. The van der Waals surface area contributed by atoms with Crippen molar-refractivity contribution >= 4 is 17.5 Å². The number of rotatable bonds is 4. The first kappa shape index (κ1) is 17.7. The van der Waals surface area contributed by atoms with Crippen LogP contribution in [0.4, 0.5) is 0 Å². The van der Waals surface area contributed by atoms with Crippen LogP contribution in [0.15, 0.2) is 47.4 Å². The second kappa shape index (κ2) is 7.85. The van der Waals surface area contributed by atoms with E-state index in [1.54, 1.807) is 18.3 Å². The molecule has 1 amide bonds. The van der Waals surface area contributed by atoms with E-state index in [4.69, 9.17) is 11.6 Å². The molecule has 2 atom stereocenters. The van der Waals surface area contributed by atoms with Gasteiger partial charge in [-0.2, -0.15) is 0 Å². The van der Waals surface area contributed by atoms with Crippen molar-refractivity contribution in [1.29, 1.82) is 0 Å². The van der Waals surface area contributed by atoms with Crippen molar-refractivity contribution in [3.05, 3.63) is 69.1 Å². The summed E-state index contributed by atoms with van der Waals surface area (Å²) in [6.07, 6.45) is 3.42. The van der Waals surface area contributed by atoms with Gasteiger partial charge in [-0.15, -0.1) is 0 Å². The van der Waals surface area contributed by atoms with Gasteiger partial charge in [-0.25, -0.2) is 0 Å². The van der Waals surface area contributed by atoms with Crippen LogP contribution in [0.5, 0.6) is 0 Å². The van der Waals surface area contributed by atoms with Gasteiger partial charge >= 0.3 is 0 Å². The third-order valence-electron chi connectivity index (χ3n) is 4.50. The van der Waals surface area contributed by atoms with Crippen molar-refractivity contribution in [2.24, 2.45) is 0 Å². The summed E-state index contributed by atoms with van der Waals surface area (Å²) in [5.41, 5.74) is 1.17. The average Bonchev–Trinajstić information content (AvgIpc) is 2.58. The zero-order chi connectivity index (χ0) is 17.8. The molecule has 2 heterocycles. The molecule has 25 heavy (non-hydrogen) atoms. The van der Waals surface area contributed by atoms with Gasteiger partial charge in [-0.05, 0) is 44.0 Å². The van der Waals surface area contributed by atoms with Gasteiger partial charge in [-0.1, -0.05) is 29.8 Å². The lowest BCUT2D eigenvalue weighted by atomic mass is 10.0. The van der Waals surface area contributed by atoms with Crippen LogP contribution in [0.3, 0.4) is 0 Å². The maximum absolute atomic E-state index is 12.5. The third kappa shape index (κ3) is 4.50. The molecular formula is C19H22ClN3O2. The Bertz CT molecular complexity index is 818. The number of aromatic nitrogens is 1. The van der Waals surface area contributed by atoms with E-state index in [0.717, 1.165) is 24.9 Å². The lowest BCUT2D eigenvalue weighted by Gasteiger charge is -2.28. The van der Waals surface area contributed by atoms with E-state index < -0.39 is 0 Å². The number of carbonyl (C=O) groups is 1. The van der Waals surface area contributed by atoms with Crippen molar-refractivity contribution in [3.63, 3.8) is 0 Å². The highest BCUT2D eigenvalue weighted by Crippen LogP contribution is 2.16. The Labute approximate surface area is 152 Å². The molecule has 0 bridgehead atoms. The van der Waals surface area contributed by atoms with Crippen LogP contribution in [-0.2, 0) is 6.54 Å². The van der Waals surface area contributed by atoms with Gasteiger partial charge in [0.25, 0.3) is 11.5 Å². The molecule has 0 saturated carbocycles. The largest absolute Gasteiger partial charge is 0.349 e. The summed E-state index contributed by atoms with van der Waals surface area (Å²) in [6.45, 7) is 3.35. The molecular weight excluding hydrogens is 338 g/mol. The molecule has 1 aliphatic rings. The zero-order valence-electron chi connectivity index (χ0n) is 14.2. The van der Waals surface area contributed by atoms with Crippen LogP contribution in [0.25, 0.3) is 0 Å². The summed E-state index contributed by atoms with van der Waals surface area (Å²) in [6, 6.07) is 10.9. The number of hydrogen-bond donors (Lipinski definition) is 2. The number of nitrogens with zero attached hydrogens (tertiary/aromatic N) is 1. The normalized spacial score (nSPS) is 20.2. The minimum Gasteiger partial charge on any atom is -0.349 e. The number of amides is 1. The second-order valence-corrected chi connectivity index (χ2v) is 6.93. The first-order valence-corrected chi connectivity index (χ1v) is 8.89. The maximum atomic E-state index is 12.5. The summed E-state index contributed by atoms with van der Waals surface area (Å²) < 4.78 is 1.52. The van der Waals surface area contributed by atoms with Crippen LogP contribution in [-0.4, -0.2) is 29.1 Å². The van der Waals surface area contributed by atoms with Crippen molar-refractivity contribution < 1.29 is 4.79 Å². The van der Waals surface area contributed by atoms with Crippen LogP contribution >= 0.6 is 11.6 Å². The molecule has 2 N–H and O–H groups in total. The Morgan fingerprint density at radius 3 is 2.88 bits per heavy atom. The van der Waals surface area contributed by atoms with E-state index in [2.05, 4.69) is 17.6 Å². The summed E-state index contributed by atoms with van der Waals surface area (Å²) in [7, 11) is 0. The first-order chi connectivity index (χ1) is 12.0. The lowest BCUT2D eigenvalue weighted by molar-refractivity contribution is 0.0925. The lowest BCUT2D eigenvalue weighted by Crippen LogP contribution is -2.46. The standard InChI is InChI=1S/C19H22ClN3O2/c1-13-10-16(8-9-21-13)22-19(25)15-6-7-18(24)23(12-15)11-14-4-2-3-5-17(14)20/h2-7,12-13,16,21H,8-11H2,1H3,(H,22,25). The van der Waals surface area contributed by atoms with Crippen LogP contribution < -0.4 is 16.2 Å². The first-order valence-electron chi connectivity index (χ1n) is 8.51. The quantitative estimate of drug-likeness (QED) is 0.881. The molecule has 2 aromatic rings. The summed E-state index contributed by atoms with van der Waals surface area (Å²) in [5, 5.41) is 7.04. The van der Waals surface area contributed by atoms with E-state index in [-0.39, 0.29) is 17.5 Å². The Morgan fingerprint density at radius 1 is 1.32 bits per heavy atom. The molecule has 2 unspecified atom stereocenters. The maximum Gasteiger partial charge on any atom is 0.252 e. The predicted octanol–water partition coefficient (Wildman–Crippen LogP) is 2.42. The van der Waals surface area contributed by atoms with Gasteiger partial charge < -0.3 is 15.2 Å². The number of halogens is 1. The van der Waals surface area contributed by atoms with Gasteiger partial charge in [0, 0.05) is 29.4 Å². The topological polar surface area (TPSA) is 63.1 Å². The highest BCUT2D eigenvalue weighted by Gasteiger charge is 2.20. The third-order valence-corrected chi connectivity index (χ3v) is 4.87. The van der Waals surface area contributed by atoms with Gasteiger partial charge in [0.1, 0.15) is 0 Å². The monoisotopic (exact) mass is 359 g/mol. The SMILES string of the molecule is CC1CC(NC(=O)c2ccc(=O)n(Cc3ccccc3Cl)c2)CCN1. The smallest absolute Gasteiger partial charge is 0.252 e. The molecule has 1 aromatic heterocycles.